The molecule has 0 heteroatoms. The van der Waals surface area contributed by atoms with E-state index in [0.29, 0.717) is 11.8 Å². The molecular formula is C20H20. The van der Waals surface area contributed by atoms with E-state index in [1.54, 1.807) is 0 Å². The van der Waals surface area contributed by atoms with Gasteiger partial charge in [0.15, 0.2) is 0 Å². The monoisotopic (exact) mass is 260 g/mol. The lowest BCUT2D eigenvalue weighted by molar-refractivity contribution is 0.632. The van der Waals surface area contributed by atoms with Crippen LogP contribution < -0.4 is 0 Å². The average Bonchev–Trinajstić information content (AvgIpc) is 2.53. The molecule has 0 bridgehead atoms. The third kappa shape index (κ3) is 2.75. The first-order chi connectivity index (χ1) is 9.84. The Morgan fingerprint density at radius 1 is 1.10 bits per heavy atom. The molecule has 20 heavy (non-hydrogen) atoms. The van der Waals surface area contributed by atoms with Crippen molar-refractivity contribution < 1.29 is 0 Å². The van der Waals surface area contributed by atoms with E-state index in [1.807, 2.05) is 0 Å². The van der Waals surface area contributed by atoms with Crippen LogP contribution in [0.25, 0.3) is 0 Å². The van der Waals surface area contributed by atoms with Crippen molar-refractivity contribution in [3.63, 3.8) is 0 Å². The van der Waals surface area contributed by atoms with Crippen molar-refractivity contribution in [1.29, 1.82) is 0 Å². The molecule has 0 aromatic heterocycles. The Hall–Kier alpha value is -2.08. The molecule has 0 nitrogen and oxygen atoms in total. The molecule has 0 saturated heterocycles. The zero-order chi connectivity index (χ0) is 13.8. The molecule has 0 heterocycles. The molecule has 0 saturated carbocycles. The highest BCUT2D eigenvalue weighted by Gasteiger charge is 2.23. The molecular weight excluding hydrogens is 240 g/mol. The fourth-order valence-electron chi connectivity index (χ4n) is 2.89. The SMILES string of the molecule is C=C(/C=C\C1=CCCC=C1)C1=CC=CC2C=CC=CC12. The van der Waals surface area contributed by atoms with Gasteiger partial charge in [0, 0.05) is 11.8 Å². The second kappa shape index (κ2) is 5.92. The maximum Gasteiger partial charge on any atom is 0.0125 e. The van der Waals surface area contributed by atoms with Gasteiger partial charge in [0.1, 0.15) is 0 Å². The van der Waals surface area contributed by atoms with Gasteiger partial charge >= 0.3 is 0 Å². The van der Waals surface area contributed by atoms with Crippen LogP contribution in [-0.4, -0.2) is 0 Å². The van der Waals surface area contributed by atoms with Crippen molar-refractivity contribution in [2.24, 2.45) is 11.8 Å². The Morgan fingerprint density at radius 3 is 2.80 bits per heavy atom. The number of hydrogen-bond donors (Lipinski definition) is 0. The van der Waals surface area contributed by atoms with Crippen molar-refractivity contribution in [2.75, 3.05) is 0 Å². The highest BCUT2D eigenvalue weighted by Crippen LogP contribution is 2.35. The van der Waals surface area contributed by atoms with Crippen LogP contribution >= 0.6 is 0 Å². The molecule has 0 radical (unpaired) electrons. The first-order valence-electron chi connectivity index (χ1n) is 7.32. The van der Waals surface area contributed by atoms with E-state index in [1.165, 1.54) is 11.1 Å². The molecule has 3 aliphatic rings. The molecule has 3 rings (SSSR count). The molecule has 2 unspecified atom stereocenters. The molecule has 100 valence electrons. The van der Waals surface area contributed by atoms with Gasteiger partial charge in [-0.3, -0.25) is 0 Å². The van der Waals surface area contributed by atoms with Gasteiger partial charge in [0.05, 0.1) is 0 Å². The van der Waals surface area contributed by atoms with Crippen LogP contribution in [-0.2, 0) is 0 Å². The van der Waals surface area contributed by atoms with Crippen LogP contribution in [0.3, 0.4) is 0 Å². The van der Waals surface area contributed by atoms with Crippen LogP contribution in [0.5, 0.6) is 0 Å². The predicted octanol–water partition coefficient (Wildman–Crippen LogP) is 5.23. The molecule has 2 atom stereocenters. The highest BCUT2D eigenvalue weighted by molar-refractivity contribution is 5.49. The summed E-state index contributed by atoms with van der Waals surface area (Å²) in [6.07, 6.45) is 28.7. The Morgan fingerprint density at radius 2 is 1.95 bits per heavy atom. The number of allylic oxidation sites excluding steroid dienone is 15. The number of fused-ring (bicyclic) bond motifs is 1. The van der Waals surface area contributed by atoms with E-state index in [9.17, 15) is 0 Å². The number of hydrogen-bond acceptors (Lipinski definition) is 0. The minimum Gasteiger partial charge on any atom is -0.0915 e. The Balaban J connectivity index is 1.75. The second-order valence-corrected chi connectivity index (χ2v) is 5.42. The van der Waals surface area contributed by atoms with E-state index < -0.39 is 0 Å². The van der Waals surface area contributed by atoms with E-state index in [-0.39, 0.29) is 0 Å². The normalized spacial score (nSPS) is 27.4. The zero-order valence-corrected chi connectivity index (χ0v) is 11.7. The minimum absolute atomic E-state index is 0.443. The van der Waals surface area contributed by atoms with E-state index in [2.05, 4.69) is 79.5 Å². The average molecular weight is 260 g/mol. The van der Waals surface area contributed by atoms with Gasteiger partial charge in [-0.2, -0.15) is 0 Å². The lowest BCUT2D eigenvalue weighted by Crippen LogP contribution is -2.16. The van der Waals surface area contributed by atoms with Gasteiger partial charge in [0.25, 0.3) is 0 Å². The standard InChI is InChI=1S/C20H20/c1-16(14-15-17-8-3-2-4-9-17)19-13-7-11-18-10-5-6-12-20(18)19/h3,5-15,18,20H,1-2,4H2/b15-14-. The topological polar surface area (TPSA) is 0 Å². The summed E-state index contributed by atoms with van der Waals surface area (Å²) >= 11 is 0. The third-order valence-corrected chi connectivity index (χ3v) is 4.02. The van der Waals surface area contributed by atoms with Crippen molar-refractivity contribution in [1.82, 2.24) is 0 Å². The minimum atomic E-state index is 0.443. The van der Waals surface area contributed by atoms with E-state index in [4.69, 9.17) is 0 Å². The smallest absolute Gasteiger partial charge is 0.0125 e. The fourth-order valence-corrected chi connectivity index (χ4v) is 2.89. The van der Waals surface area contributed by atoms with Crippen molar-refractivity contribution >= 4 is 0 Å². The fraction of sp³-hybridized carbons (Fsp3) is 0.200. The largest absolute Gasteiger partial charge is 0.0915 e. The molecule has 0 aliphatic heterocycles. The lowest BCUT2D eigenvalue weighted by atomic mass is 9.77. The second-order valence-electron chi connectivity index (χ2n) is 5.42. The quantitative estimate of drug-likeness (QED) is 0.609. The van der Waals surface area contributed by atoms with Crippen LogP contribution in [0.2, 0.25) is 0 Å². The van der Waals surface area contributed by atoms with Gasteiger partial charge in [-0.15, -0.1) is 0 Å². The Bertz CT molecular complexity index is 600. The summed E-state index contributed by atoms with van der Waals surface area (Å²) in [4.78, 5) is 0. The maximum atomic E-state index is 4.26. The van der Waals surface area contributed by atoms with Crippen molar-refractivity contribution in [3.05, 3.63) is 96.2 Å². The van der Waals surface area contributed by atoms with Crippen LogP contribution in [0, 0.1) is 11.8 Å². The van der Waals surface area contributed by atoms with Crippen LogP contribution in [0.15, 0.2) is 96.2 Å². The Labute approximate surface area is 121 Å². The van der Waals surface area contributed by atoms with Gasteiger partial charge in [0.2, 0.25) is 0 Å². The van der Waals surface area contributed by atoms with Gasteiger partial charge < -0.3 is 0 Å². The third-order valence-electron chi connectivity index (χ3n) is 4.02. The molecule has 0 amide bonds. The predicted molar refractivity (Wildman–Crippen MR) is 87.2 cm³/mol. The summed E-state index contributed by atoms with van der Waals surface area (Å²) in [7, 11) is 0. The van der Waals surface area contributed by atoms with Crippen LogP contribution in [0.4, 0.5) is 0 Å². The number of rotatable bonds is 3. The van der Waals surface area contributed by atoms with Gasteiger partial charge in [-0.1, -0.05) is 79.5 Å². The maximum absolute atomic E-state index is 4.26. The summed E-state index contributed by atoms with van der Waals surface area (Å²) < 4.78 is 0. The summed E-state index contributed by atoms with van der Waals surface area (Å²) in [5.74, 6) is 0.928. The molecule has 0 aromatic carbocycles. The molecule has 0 N–H and O–H groups in total. The summed E-state index contributed by atoms with van der Waals surface area (Å²) in [6.45, 7) is 4.26. The highest BCUT2D eigenvalue weighted by atomic mass is 14.3. The molecule has 0 aromatic rings. The van der Waals surface area contributed by atoms with Crippen molar-refractivity contribution in [3.8, 4) is 0 Å². The lowest BCUT2D eigenvalue weighted by Gasteiger charge is -2.27. The summed E-state index contributed by atoms with van der Waals surface area (Å²) in [5, 5.41) is 0. The van der Waals surface area contributed by atoms with Crippen molar-refractivity contribution in [2.45, 2.75) is 12.8 Å². The van der Waals surface area contributed by atoms with Gasteiger partial charge in [-0.05, 0) is 29.6 Å². The summed E-state index contributed by atoms with van der Waals surface area (Å²) in [6, 6.07) is 0. The molecule has 3 aliphatic carbocycles. The molecule has 0 fully saturated rings. The van der Waals surface area contributed by atoms with Crippen LogP contribution in [0.1, 0.15) is 12.8 Å². The van der Waals surface area contributed by atoms with E-state index in [0.717, 1.165) is 18.4 Å². The van der Waals surface area contributed by atoms with E-state index >= 15 is 0 Å². The van der Waals surface area contributed by atoms with Gasteiger partial charge in [-0.25, -0.2) is 0 Å². The summed E-state index contributed by atoms with van der Waals surface area (Å²) in [5.41, 5.74) is 3.74. The first kappa shape index (κ1) is 12.9. The molecule has 0 spiro atoms. The Kier molecular flexibility index (Phi) is 3.83. The first-order valence-corrected chi connectivity index (χ1v) is 7.32. The zero-order valence-electron chi connectivity index (χ0n) is 11.7.